The summed E-state index contributed by atoms with van der Waals surface area (Å²) in [7, 11) is 0. The molecule has 146 valence electrons. The monoisotopic (exact) mass is 399 g/mol. The van der Waals surface area contributed by atoms with E-state index in [-0.39, 0.29) is 23.5 Å². The fourth-order valence-corrected chi connectivity index (χ4v) is 5.08. The first-order chi connectivity index (χ1) is 13.7. The van der Waals surface area contributed by atoms with Crippen molar-refractivity contribution in [2.24, 2.45) is 5.92 Å². The number of hydrogen-bond donors (Lipinski definition) is 0. The first-order valence-electron chi connectivity index (χ1n) is 9.82. The lowest BCUT2D eigenvalue weighted by Crippen LogP contribution is -2.57. The highest BCUT2D eigenvalue weighted by atomic mass is 35.5. The van der Waals surface area contributed by atoms with Gasteiger partial charge in [-0.25, -0.2) is 9.97 Å². The molecule has 0 N–H and O–H groups in total. The molecule has 0 unspecified atom stereocenters. The van der Waals surface area contributed by atoms with Crippen LogP contribution in [0.3, 0.4) is 0 Å². The van der Waals surface area contributed by atoms with Gasteiger partial charge in [0, 0.05) is 55.2 Å². The molecule has 3 aliphatic rings. The molecular weight excluding hydrogens is 378 g/mol. The molecular formula is C21H22ClN3O3. The molecule has 2 saturated heterocycles. The van der Waals surface area contributed by atoms with Crippen molar-refractivity contribution in [1.82, 2.24) is 14.9 Å². The van der Waals surface area contributed by atoms with E-state index < -0.39 is 0 Å². The summed E-state index contributed by atoms with van der Waals surface area (Å²) in [6, 6.07) is 7.45. The van der Waals surface area contributed by atoms with Crippen molar-refractivity contribution in [3.8, 4) is 5.75 Å². The summed E-state index contributed by atoms with van der Waals surface area (Å²) in [5.41, 5.74) is 1.20. The largest absolute Gasteiger partial charge is 0.486 e. The van der Waals surface area contributed by atoms with Gasteiger partial charge in [0.05, 0.1) is 6.10 Å². The average Bonchev–Trinajstić information content (AvgIpc) is 2.75. The van der Waals surface area contributed by atoms with E-state index in [9.17, 15) is 4.79 Å². The topological polar surface area (TPSA) is 64.6 Å². The lowest BCUT2D eigenvalue weighted by atomic mass is 9.70. The second-order valence-electron chi connectivity index (χ2n) is 7.78. The van der Waals surface area contributed by atoms with Crippen LogP contribution >= 0.6 is 11.6 Å². The molecule has 28 heavy (non-hydrogen) atoms. The van der Waals surface area contributed by atoms with Gasteiger partial charge in [-0.1, -0.05) is 11.6 Å². The Morgan fingerprint density at radius 1 is 1.25 bits per heavy atom. The van der Waals surface area contributed by atoms with Crippen LogP contribution in [-0.2, 0) is 4.74 Å². The maximum Gasteiger partial charge on any atom is 0.272 e. The van der Waals surface area contributed by atoms with Crippen molar-refractivity contribution in [2.45, 2.75) is 37.4 Å². The van der Waals surface area contributed by atoms with Crippen LogP contribution in [0.4, 0.5) is 0 Å². The van der Waals surface area contributed by atoms with Crippen molar-refractivity contribution >= 4 is 17.5 Å². The van der Waals surface area contributed by atoms with E-state index in [1.54, 1.807) is 12.3 Å². The molecule has 1 aromatic heterocycles. The number of nitrogens with zero attached hydrogens (tertiary/aromatic N) is 3. The maximum atomic E-state index is 12.7. The van der Waals surface area contributed by atoms with Gasteiger partial charge in [0.25, 0.3) is 5.91 Å². The molecule has 0 bridgehead atoms. The number of likely N-dealkylation sites (tertiary alicyclic amines) is 1. The van der Waals surface area contributed by atoms with Crippen LogP contribution in [-0.4, -0.2) is 46.1 Å². The molecule has 6 nitrogen and oxygen atoms in total. The molecule has 1 spiro atoms. The summed E-state index contributed by atoms with van der Waals surface area (Å²) >= 11 is 6.23. The van der Waals surface area contributed by atoms with E-state index in [0.29, 0.717) is 23.8 Å². The van der Waals surface area contributed by atoms with Gasteiger partial charge >= 0.3 is 0 Å². The molecule has 0 aliphatic carbocycles. The summed E-state index contributed by atoms with van der Waals surface area (Å²) in [6.45, 7) is 2.06. The number of ether oxygens (including phenoxy) is 2. The Labute approximate surface area is 168 Å². The van der Waals surface area contributed by atoms with Gasteiger partial charge in [-0.15, -0.1) is 0 Å². The van der Waals surface area contributed by atoms with Gasteiger partial charge in [0.15, 0.2) is 0 Å². The van der Waals surface area contributed by atoms with Crippen LogP contribution < -0.4 is 4.74 Å². The minimum absolute atomic E-state index is 0.0142. The highest BCUT2D eigenvalue weighted by Crippen LogP contribution is 2.53. The minimum atomic E-state index is -0.297. The predicted molar refractivity (Wildman–Crippen MR) is 103 cm³/mol. The van der Waals surface area contributed by atoms with Gasteiger partial charge in [0.2, 0.25) is 0 Å². The van der Waals surface area contributed by atoms with Crippen LogP contribution in [0.5, 0.6) is 5.75 Å². The summed E-state index contributed by atoms with van der Waals surface area (Å²) < 4.78 is 12.8. The summed E-state index contributed by atoms with van der Waals surface area (Å²) in [6.07, 6.45) is 6.70. The lowest BCUT2D eigenvalue weighted by Gasteiger charge is -2.53. The van der Waals surface area contributed by atoms with E-state index >= 15 is 0 Å². The number of fused-ring (bicyclic) bond motifs is 4. The van der Waals surface area contributed by atoms with Gasteiger partial charge in [-0.2, -0.15) is 0 Å². The molecule has 2 atom stereocenters. The molecule has 0 radical (unpaired) electrons. The number of amides is 1. The van der Waals surface area contributed by atoms with Crippen LogP contribution in [0.25, 0.3) is 0 Å². The third-order valence-corrected chi connectivity index (χ3v) is 6.52. The second kappa shape index (κ2) is 7.01. The van der Waals surface area contributed by atoms with E-state index in [1.165, 1.54) is 6.33 Å². The third-order valence-electron chi connectivity index (χ3n) is 6.29. The summed E-state index contributed by atoms with van der Waals surface area (Å²) in [5, 5.41) is 0.705. The van der Waals surface area contributed by atoms with Crippen LogP contribution in [0.1, 0.15) is 47.8 Å². The zero-order valence-corrected chi connectivity index (χ0v) is 16.3. The zero-order valence-electron chi connectivity index (χ0n) is 15.5. The lowest BCUT2D eigenvalue weighted by molar-refractivity contribution is -0.147. The Bertz CT molecular complexity index is 884. The van der Waals surface area contributed by atoms with Gasteiger partial charge in [0.1, 0.15) is 23.4 Å². The van der Waals surface area contributed by atoms with Crippen LogP contribution in [0.2, 0.25) is 5.02 Å². The second-order valence-corrected chi connectivity index (χ2v) is 8.21. The Balaban J connectivity index is 1.40. The quantitative estimate of drug-likeness (QED) is 0.732. The molecule has 7 heteroatoms. The van der Waals surface area contributed by atoms with Crippen molar-refractivity contribution in [1.29, 1.82) is 0 Å². The Morgan fingerprint density at radius 3 is 2.89 bits per heavy atom. The van der Waals surface area contributed by atoms with E-state index in [2.05, 4.69) is 9.97 Å². The Kier molecular flexibility index (Phi) is 4.48. The first-order valence-corrected chi connectivity index (χ1v) is 10.2. The Morgan fingerprint density at radius 2 is 2.11 bits per heavy atom. The SMILES string of the molecule is O=C(c1ccncn1)N1CCC2(CC1)Oc1ccc(Cl)cc1[C@H]1OCCC[C@@H]12. The number of rotatable bonds is 1. The number of benzene rings is 1. The van der Waals surface area contributed by atoms with Gasteiger partial charge in [-0.3, -0.25) is 4.79 Å². The van der Waals surface area contributed by atoms with Crippen molar-refractivity contribution in [3.05, 3.63) is 53.1 Å². The smallest absolute Gasteiger partial charge is 0.272 e. The standard InChI is InChI=1S/C21H22ClN3O3/c22-14-3-4-18-15(12-14)19-16(2-1-11-27-19)21(28-18)6-9-25(10-7-21)20(26)17-5-8-23-13-24-17/h3-5,8,12-13,16,19H,1-2,6-7,9-11H2/t16-,19+/m0/s1. The number of carbonyl (C=O) groups excluding carboxylic acids is 1. The average molecular weight is 400 g/mol. The fraction of sp³-hybridized carbons (Fsp3) is 0.476. The minimum Gasteiger partial charge on any atom is -0.486 e. The predicted octanol–water partition coefficient (Wildman–Crippen LogP) is 3.67. The third kappa shape index (κ3) is 2.95. The fourth-order valence-electron chi connectivity index (χ4n) is 4.90. The van der Waals surface area contributed by atoms with Gasteiger partial charge < -0.3 is 14.4 Å². The zero-order chi connectivity index (χ0) is 19.1. The molecule has 2 aromatic rings. The molecule has 1 aromatic carbocycles. The highest BCUT2D eigenvalue weighted by molar-refractivity contribution is 6.30. The molecule has 3 aliphatic heterocycles. The van der Waals surface area contributed by atoms with E-state index in [4.69, 9.17) is 21.1 Å². The summed E-state index contributed by atoms with van der Waals surface area (Å²) in [5.74, 6) is 1.10. The van der Waals surface area contributed by atoms with Gasteiger partial charge in [-0.05, 0) is 37.1 Å². The number of aromatic nitrogens is 2. The maximum absolute atomic E-state index is 12.7. The van der Waals surface area contributed by atoms with Crippen molar-refractivity contribution < 1.29 is 14.3 Å². The molecule has 2 fully saturated rings. The normalized spacial score (nSPS) is 25.5. The summed E-state index contributed by atoms with van der Waals surface area (Å²) in [4.78, 5) is 22.6. The van der Waals surface area contributed by atoms with E-state index in [1.807, 2.05) is 23.1 Å². The van der Waals surface area contributed by atoms with Crippen LogP contribution in [0, 0.1) is 5.92 Å². The number of carbonyl (C=O) groups is 1. The number of piperidine rings is 1. The molecule has 4 heterocycles. The molecule has 5 rings (SSSR count). The van der Waals surface area contributed by atoms with Crippen molar-refractivity contribution in [3.63, 3.8) is 0 Å². The number of halogens is 1. The van der Waals surface area contributed by atoms with Crippen molar-refractivity contribution in [2.75, 3.05) is 19.7 Å². The number of hydrogen-bond acceptors (Lipinski definition) is 5. The first kappa shape index (κ1) is 17.9. The van der Waals surface area contributed by atoms with Crippen LogP contribution in [0.15, 0.2) is 36.8 Å². The van der Waals surface area contributed by atoms with E-state index in [0.717, 1.165) is 43.6 Å². The highest BCUT2D eigenvalue weighted by Gasteiger charge is 2.52. The Hall–Kier alpha value is -2.18. The molecule has 0 saturated carbocycles. The molecule has 1 amide bonds.